The van der Waals surface area contributed by atoms with Crippen molar-refractivity contribution in [3.05, 3.63) is 63.1 Å². The van der Waals surface area contributed by atoms with Gasteiger partial charge in [0.15, 0.2) is 0 Å². The number of alkyl halides is 1. The van der Waals surface area contributed by atoms with E-state index in [4.69, 9.17) is 11.6 Å². The molecule has 0 aliphatic heterocycles. The summed E-state index contributed by atoms with van der Waals surface area (Å²) in [4.78, 5) is 0.177. The average Bonchev–Trinajstić information content (AvgIpc) is 2.48. The number of rotatable bonds is 5. The minimum Gasteiger partial charge on any atom is -0.207 e. The second-order valence-corrected chi connectivity index (χ2v) is 7.94. The van der Waals surface area contributed by atoms with Crippen molar-refractivity contribution in [1.29, 1.82) is 0 Å². The molecule has 2 aromatic carbocycles. The van der Waals surface area contributed by atoms with Crippen LogP contribution in [0.1, 0.15) is 11.1 Å². The zero-order valence-electron chi connectivity index (χ0n) is 10.8. The molecule has 0 amide bonds. The van der Waals surface area contributed by atoms with Gasteiger partial charge in [-0.2, -0.15) is 0 Å². The molecule has 0 unspecified atom stereocenters. The van der Waals surface area contributed by atoms with Crippen LogP contribution in [0.25, 0.3) is 0 Å². The first kappa shape index (κ1) is 17.0. The van der Waals surface area contributed by atoms with Crippen molar-refractivity contribution < 1.29 is 8.42 Å². The maximum Gasteiger partial charge on any atom is 0.240 e. The molecule has 0 radical (unpaired) electrons. The van der Waals surface area contributed by atoms with E-state index in [0.29, 0.717) is 9.50 Å². The van der Waals surface area contributed by atoms with E-state index in [9.17, 15) is 8.42 Å². The molecule has 3 nitrogen and oxygen atoms in total. The quantitative estimate of drug-likeness (QED) is 0.679. The van der Waals surface area contributed by atoms with Gasteiger partial charge in [0.1, 0.15) is 0 Å². The smallest absolute Gasteiger partial charge is 0.207 e. The zero-order chi connectivity index (χ0) is 15.5. The molecule has 0 atom stereocenters. The van der Waals surface area contributed by atoms with Crippen LogP contribution in [-0.4, -0.2) is 8.42 Å². The van der Waals surface area contributed by atoms with E-state index < -0.39 is 10.0 Å². The number of hydrogen-bond acceptors (Lipinski definition) is 2. The van der Waals surface area contributed by atoms with Gasteiger partial charge in [0.25, 0.3) is 0 Å². The fourth-order valence-corrected chi connectivity index (χ4v) is 3.72. The summed E-state index contributed by atoms with van der Waals surface area (Å²) in [7, 11) is -3.56. The molecular formula is C14H12Br2ClNO2S. The fourth-order valence-electron chi connectivity index (χ4n) is 1.65. The maximum atomic E-state index is 12.2. The number of nitrogens with one attached hydrogen (secondary N) is 1. The first-order valence-corrected chi connectivity index (χ1v) is 9.78. The number of halogens is 3. The summed E-state index contributed by atoms with van der Waals surface area (Å²) in [6.45, 7) is 0.241. The largest absolute Gasteiger partial charge is 0.240 e. The monoisotopic (exact) mass is 451 g/mol. The first-order chi connectivity index (χ1) is 9.92. The van der Waals surface area contributed by atoms with Crippen LogP contribution < -0.4 is 4.72 Å². The van der Waals surface area contributed by atoms with E-state index in [1.165, 1.54) is 12.1 Å². The van der Waals surface area contributed by atoms with Crippen molar-refractivity contribution in [2.45, 2.75) is 16.8 Å². The normalized spacial score (nSPS) is 11.6. The highest BCUT2D eigenvalue weighted by Gasteiger charge is 2.14. The summed E-state index contributed by atoms with van der Waals surface area (Å²) in [6, 6.07) is 12.2. The molecule has 2 aromatic rings. The van der Waals surface area contributed by atoms with Crippen LogP contribution in [0.15, 0.2) is 51.8 Å². The van der Waals surface area contributed by atoms with E-state index in [0.717, 1.165) is 16.5 Å². The minimum atomic E-state index is -3.56. The SMILES string of the molecule is O=S(=O)(NCc1ccc(CBr)cc1)c1ccc(Cl)c(Br)c1. The summed E-state index contributed by atoms with van der Waals surface area (Å²) in [5.41, 5.74) is 2.04. The lowest BCUT2D eigenvalue weighted by Crippen LogP contribution is -2.23. The molecule has 0 heterocycles. The van der Waals surface area contributed by atoms with E-state index >= 15 is 0 Å². The Morgan fingerprint density at radius 3 is 2.24 bits per heavy atom. The van der Waals surface area contributed by atoms with Gasteiger partial charge in [0.05, 0.1) is 9.92 Å². The van der Waals surface area contributed by atoms with E-state index in [1.54, 1.807) is 6.07 Å². The van der Waals surface area contributed by atoms with E-state index in [-0.39, 0.29) is 11.4 Å². The Morgan fingerprint density at radius 2 is 1.67 bits per heavy atom. The Bertz CT molecular complexity index is 733. The Hall–Kier alpha value is -0.400. The summed E-state index contributed by atoms with van der Waals surface area (Å²) in [5, 5.41) is 1.25. The van der Waals surface area contributed by atoms with Gasteiger partial charge in [0.2, 0.25) is 10.0 Å². The van der Waals surface area contributed by atoms with Gasteiger partial charge >= 0.3 is 0 Å². The lowest BCUT2D eigenvalue weighted by Gasteiger charge is -2.08. The van der Waals surface area contributed by atoms with Crippen molar-refractivity contribution in [3.63, 3.8) is 0 Å². The van der Waals surface area contributed by atoms with Crippen LogP contribution in [0.5, 0.6) is 0 Å². The Labute approximate surface area is 146 Å². The zero-order valence-corrected chi connectivity index (χ0v) is 15.6. The Balaban J connectivity index is 2.11. The van der Waals surface area contributed by atoms with E-state index in [1.807, 2.05) is 24.3 Å². The van der Waals surface area contributed by atoms with Crippen LogP contribution in [0, 0.1) is 0 Å². The lowest BCUT2D eigenvalue weighted by molar-refractivity contribution is 0.581. The standard InChI is InChI=1S/C14H12Br2ClNO2S/c15-8-10-1-3-11(4-2-10)9-18-21(19,20)12-5-6-14(17)13(16)7-12/h1-7,18H,8-9H2. The van der Waals surface area contributed by atoms with Crippen LogP contribution in [0.3, 0.4) is 0 Å². The molecule has 0 saturated heterocycles. The highest BCUT2D eigenvalue weighted by molar-refractivity contribution is 9.10. The van der Waals surface area contributed by atoms with Gasteiger partial charge in [-0.1, -0.05) is 51.8 Å². The van der Waals surface area contributed by atoms with Gasteiger partial charge in [-0.25, -0.2) is 13.1 Å². The first-order valence-electron chi connectivity index (χ1n) is 6.01. The second-order valence-electron chi connectivity index (χ2n) is 4.35. The van der Waals surface area contributed by atoms with Crippen LogP contribution in [-0.2, 0) is 21.9 Å². The van der Waals surface area contributed by atoms with Gasteiger partial charge in [-0.3, -0.25) is 0 Å². The van der Waals surface area contributed by atoms with Crippen LogP contribution in [0.2, 0.25) is 5.02 Å². The molecule has 0 aromatic heterocycles. The minimum absolute atomic E-state index is 0.177. The predicted octanol–water partition coefficient (Wildman–Crippen LogP) is 4.48. The van der Waals surface area contributed by atoms with Crippen molar-refractivity contribution in [1.82, 2.24) is 4.72 Å². The van der Waals surface area contributed by atoms with Gasteiger partial charge in [-0.05, 0) is 45.3 Å². The number of hydrogen-bond donors (Lipinski definition) is 1. The number of sulfonamides is 1. The topological polar surface area (TPSA) is 46.2 Å². The third-order valence-corrected chi connectivity index (χ3v) is 6.11. The van der Waals surface area contributed by atoms with Crippen LogP contribution in [0.4, 0.5) is 0 Å². The molecule has 7 heteroatoms. The third-order valence-electron chi connectivity index (χ3n) is 2.84. The Morgan fingerprint density at radius 1 is 1.05 bits per heavy atom. The fraction of sp³-hybridized carbons (Fsp3) is 0.143. The molecule has 0 saturated carbocycles. The summed E-state index contributed by atoms with van der Waals surface area (Å²) < 4.78 is 27.5. The molecule has 0 aliphatic rings. The predicted molar refractivity (Wildman–Crippen MR) is 92.3 cm³/mol. The third kappa shape index (κ3) is 4.53. The highest BCUT2D eigenvalue weighted by atomic mass is 79.9. The maximum absolute atomic E-state index is 12.2. The van der Waals surface area contributed by atoms with Crippen molar-refractivity contribution >= 4 is 53.5 Å². The van der Waals surface area contributed by atoms with Crippen molar-refractivity contribution in [2.75, 3.05) is 0 Å². The molecular weight excluding hydrogens is 441 g/mol. The van der Waals surface area contributed by atoms with Gasteiger partial charge < -0.3 is 0 Å². The Kier molecular flexibility index (Phi) is 5.85. The summed E-state index contributed by atoms with van der Waals surface area (Å²) in [5.74, 6) is 0. The number of benzene rings is 2. The van der Waals surface area contributed by atoms with Crippen LogP contribution >= 0.6 is 43.5 Å². The van der Waals surface area contributed by atoms with Crippen molar-refractivity contribution in [3.8, 4) is 0 Å². The second kappa shape index (κ2) is 7.24. The van der Waals surface area contributed by atoms with Gasteiger partial charge in [-0.15, -0.1) is 0 Å². The molecule has 112 valence electrons. The molecule has 0 spiro atoms. The molecule has 0 aliphatic carbocycles. The molecule has 1 N–H and O–H groups in total. The molecule has 0 fully saturated rings. The average molecular weight is 454 g/mol. The molecule has 2 rings (SSSR count). The van der Waals surface area contributed by atoms with E-state index in [2.05, 4.69) is 36.6 Å². The van der Waals surface area contributed by atoms with Crippen molar-refractivity contribution in [2.24, 2.45) is 0 Å². The van der Waals surface area contributed by atoms with Gasteiger partial charge in [0, 0.05) is 16.3 Å². The summed E-state index contributed by atoms with van der Waals surface area (Å²) in [6.07, 6.45) is 0. The summed E-state index contributed by atoms with van der Waals surface area (Å²) >= 11 is 12.5. The molecule has 0 bridgehead atoms. The molecule has 21 heavy (non-hydrogen) atoms. The highest BCUT2D eigenvalue weighted by Crippen LogP contribution is 2.25. The lowest BCUT2D eigenvalue weighted by atomic mass is 10.2.